The van der Waals surface area contributed by atoms with Crippen LogP contribution in [-0.4, -0.2) is 35.4 Å². The number of aromatic hydroxyl groups is 2. The van der Waals surface area contributed by atoms with Crippen LogP contribution in [0.5, 0.6) is 11.5 Å². The molecule has 0 fully saturated rings. The van der Waals surface area contributed by atoms with E-state index in [1.54, 1.807) is 13.8 Å². The monoisotopic (exact) mass is 642 g/mol. The van der Waals surface area contributed by atoms with Crippen LogP contribution in [0.15, 0.2) is 21.9 Å². The summed E-state index contributed by atoms with van der Waals surface area (Å²) in [5, 5.41) is 24.0. The van der Waals surface area contributed by atoms with Crippen molar-refractivity contribution in [3.05, 3.63) is 45.5 Å². The molecule has 0 saturated heterocycles. The molecule has 0 atom stereocenters. The maximum Gasteiger partial charge on any atom is 0.306 e. The summed E-state index contributed by atoms with van der Waals surface area (Å²) in [6.45, 7) is 29.2. The van der Waals surface area contributed by atoms with Gasteiger partial charge in [0.25, 0.3) is 0 Å². The van der Waals surface area contributed by atoms with Crippen molar-refractivity contribution in [1.82, 2.24) is 0 Å². The van der Waals surface area contributed by atoms with Gasteiger partial charge in [-0.25, -0.2) is 0 Å². The third-order valence-electron chi connectivity index (χ3n) is 7.75. The smallest absolute Gasteiger partial charge is 0.306 e. The number of rotatable bonds is 10. The maximum absolute atomic E-state index is 12.5. The largest absolute Gasteiger partial charge is 0.507 e. The molecule has 252 valence electrons. The first-order valence-corrected chi connectivity index (χ1v) is 17.0. The molecule has 0 spiro atoms. The average molecular weight is 643 g/mol. The van der Waals surface area contributed by atoms with Crippen LogP contribution in [0.2, 0.25) is 0 Å². The Morgan fingerprint density at radius 2 is 1.07 bits per heavy atom. The number of carbonyl (C=O) groups excluding carboxylic acids is 2. The first kappa shape index (κ1) is 38.5. The lowest BCUT2D eigenvalue weighted by atomic mass is 9.76. The number of phenols is 2. The molecule has 0 aromatic heterocycles. The number of aryl methyl sites for hydroxylation is 2. The Morgan fingerprint density at radius 3 is 1.47 bits per heavy atom. The molecule has 0 radical (unpaired) electrons. The van der Waals surface area contributed by atoms with Crippen LogP contribution < -0.4 is 0 Å². The Kier molecular flexibility index (Phi) is 12.3. The van der Waals surface area contributed by atoms with Gasteiger partial charge in [-0.3, -0.25) is 9.59 Å². The minimum atomic E-state index is -0.436. The zero-order valence-electron chi connectivity index (χ0n) is 30.3. The van der Waals surface area contributed by atoms with Gasteiger partial charge >= 0.3 is 11.9 Å². The number of hydrogen-bond acceptors (Lipinski definition) is 7. The van der Waals surface area contributed by atoms with Crippen molar-refractivity contribution in [3.63, 3.8) is 0 Å². The van der Waals surface area contributed by atoms with Gasteiger partial charge in [-0.1, -0.05) is 101 Å². The minimum absolute atomic E-state index is 0.203. The Bertz CT molecular complexity index is 1380. The molecule has 2 aromatic carbocycles. The van der Waals surface area contributed by atoms with Gasteiger partial charge in [0.15, 0.2) is 0 Å². The van der Waals surface area contributed by atoms with Crippen molar-refractivity contribution in [2.24, 2.45) is 0 Å². The summed E-state index contributed by atoms with van der Waals surface area (Å²) < 4.78 is 10.5. The van der Waals surface area contributed by atoms with Crippen LogP contribution in [0.3, 0.4) is 0 Å². The van der Waals surface area contributed by atoms with Gasteiger partial charge in [0.2, 0.25) is 0 Å². The van der Waals surface area contributed by atoms with Crippen LogP contribution in [-0.2, 0) is 53.6 Å². The summed E-state index contributed by atoms with van der Waals surface area (Å²) in [6, 6.07) is 4.15. The lowest BCUT2D eigenvalue weighted by Crippen LogP contribution is -2.22. The first-order valence-electron chi connectivity index (χ1n) is 16.2. The Balaban J connectivity index is 3.02. The van der Waals surface area contributed by atoms with E-state index >= 15 is 0 Å². The number of ether oxygens (including phenoxy) is 2. The normalized spacial score (nSPS) is 12.8. The highest BCUT2D eigenvalue weighted by molar-refractivity contribution is 7.99. The number of esters is 2. The fourth-order valence-corrected chi connectivity index (χ4v) is 7.59. The van der Waals surface area contributed by atoms with Crippen molar-refractivity contribution in [2.75, 3.05) is 13.2 Å². The Hall–Kier alpha value is -2.67. The summed E-state index contributed by atoms with van der Waals surface area (Å²) >= 11 is 1.52. The molecule has 6 nitrogen and oxygen atoms in total. The summed E-state index contributed by atoms with van der Waals surface area (Å²) in [5.74, 6) is -0.0441. The van der Waals surface area contributed by atoms with Crippen molar-refractivity contribution >= 4 is 23.7 Å². The fraction of sp³-hybridized carbons (Fsp3) is 0.632. The second-order valence-electron chi connectivity index (χ2n) is 16.0. The van der Waals surface area contributed by atoms with Crippen LogP contribution >= 0.6 is 11.8 Å². The molecule has 0 aliphatic carbocycles. The second kappa shape index (κ2) is 14.4. The van der Waals surface area contributed by atoms with Gasteiger partial charge in [0.05, 0.1) is 13.2 Å². The zero-order chi connectivity index (χ0) is 34.7. The Morgan fingerprint density at radius 1 is 0.622 bits per heavy atom. The minimum Gasteiger partial charge on any atom is -0.507 e. The van der Waals surface area contributed by atoms with Gasteiger partial charge in [0, 0.05) is 39.3 Å². The molecule has 0 bridgehead atoms. The van der Waals surface area contributed by atoms with Gasteiger partial charge in [-0.2, -0.15) is 0 Å². The molecule has 0 aliphatic rings. The molecule has 2 rings (SSSR count). The molecule has 0 saturated carbocycles. The third kappa shape index (κ3) is 9.67. The zero-order valence-corrected chi connectivity index (χ0v) is 31.1. The van der Waals surface area contributed by atoms with E-state index in [4.69, 9.17) is 9.47 Å². The molecule has 0 aliphatic heterocycles. The van der Waals surface area contributed by atoms with E-state index in [9.17, 15) is 19.8 Å². The van der Waals surface area contributed by atoms with E-state index in [0.717, 1.165) is 43.2 Å². The quantitative estimate of drug-likeness (QED) is 0.249. The predicted molar refractivity (Wildman–Crippen MR) is 185 cm³/mol. The number of hydrogen-bond donors (Lipinski definition) is 2. The lowest BCUT2D eigenvalue weighted by molar-refractivity contribution is -0.144. The van der Waals surface area contributed by atoms with Crippen LogP contribution in [0.25, 0.3) is 0 Å². The van der Waals surface area contributed by atoms with E-state index in [1.807, 2.05) is 6.07 Å². The number of carbonyl (C=O) groups is 2. The van der Waals surface area contributed by atoms with Crippen molar-refractivity contribution in [3.8, 4) is 11.5 Å². The van der Waals surface area contributed by atoms with Gasteiger partial charge < -0.3 is 19.7 Å². The second-order valence-corrected chi connectivity index (χ2v) is 17.0. The highest BCUT2D eigenvalue weighted by atomic mass is 32.2. The van der Waals surface area contributed by atoms with Crippen molar-refractivity contribution in [1.29, 1.82) is 0 Å². The van der Waals surface area contributed by atoms with Crippen LogP contribution in [0, 0.1) is 0 Å². The Labute approximate surface area is 276 Å². The van der Waals surface area contributed by atoms with Crippen LogP contribution in [0.1, 0.15) is 143 Å². The molecule has 2 aromatic rings. The summed E-state index contributed by atoms with van der Waals surface area (Å²) in [7, 11) is 0. The predicted octanol–water partition coefficient (Wildman–Crippen LogP) is 9.43. The van der Waals surface area contributed by atoms with Gasteiger partial charge in [-0.05, 0) is 71.1 Å². The van der Waals surface area contributed by atoms with Gasteiger partial charge in [-0.15, -0.1) is 0 Å². The van der Waals surface area contributed by atoms with E-state index in [0.29, 0.717) is 26.1 Å². The summed E-state index contributed by atoms with van der Waals surface area (Å²) in [5.41, 5.74) is 3.54. The summed E-state index contributed by atoms with van der Waals surface area (Å²) in [4.78, 5) is 26.7. The molecular formula is C38H58O6S. The molecule has 0 heterocycles. The number of phenolic OH excluding ortho intramolecular Hbond substituents is 2. The van der Waals surface area contributed by atoms with Crippen LogP contribution in [0.4, 0.5) is 0 Å². The average Bonchev–Trinajstić information content (AvgIpc) is 2.84. The van der Waals surface area contributed by atoms with E-state index < -0.39 is 10.8 Å². The first-order chi connectivity index (χ1) is 20.4. The van der Waals surface area contributed by atoms with Crippen molar-refractivity contribution in [2.45, 2.75) is 154 Å². The highest BCUT2D eigenvalue weighted by Crippen LogP contribution is 2.52. The molecule has 0 unspecified atom stereocenters. The SMILES string of the molecule is CCOC(=O)CCc1cc(C(C)(C)C)c(O)c(C(C)(C)C)c1Sc1cc(CCC(=O)OCC)c(C(C)(C)C)c(O)c1C(C)(C)C. The standard InChI is InChI=1S/C38H58O6S/c1-15-43-27(39)19-17-23-22-26(30(37(9,10)11)33(42)29(23)36(6,7)8)45-34-24(18-20-28(40)44-16-2)21-25(35(3,4)5)32(41)31(34)38(12,13)14/h21-22,41-42H,15-20H2,1-14H3. The molecule has 0 amide bonds. The van der Waals surface area contributed by atoms with Gasteiger partial charge in [0.1, 0.15) is 11.5 Å². The number of benzene rings is 2. The molecule has 45 heavy (non-hydrogen) atoms. The van der Waals surface area contributed by atoms with E-state index in [-0.39, 0.29) is 47.1 Å². The third-order valence-corrected chi connectivity index (χ3v) is 8.97. The topological polar surface area (TPSA) is 93.1 Å². The summed E-state index contributed by atoms with van der Waals surface area (Å²) in [6.07, 6.45) is 1.28. The molecular weight excluding hydrogens is 584 g/mol. The molecule has 2 N–H and O–H groups in total. The lowest BCUT2D eigenvalue weighted by Gasteiger charge is -2.34. The maximum atomic E-state index is 12.5. The fourth-order valence-electron chi connectivity index (χ4n) is 5.87. The highest BCUT2D eigenvalue weighted by Gasteiger charge is 2.35. The molecule has 7 heteroatoms. The van der Waals surface area contributed by atoms with E-state index in [2.05, 4.69) is 89.2 Å². The van der Waals surface area contributed by atoms with Crippen molar-refractivity contribution < 1.29 is 29.3 Å². The van der Waals surface area contributed by atoms with E-state index in [1.165, 1.54) is 11.8 Å².